The van der Waals surface area contributed by atoms with Crippen molar-refractivity contribution in [1.29, 1.82) is 0 Å². The Morgan fingerprint density at radius 2 is 2.08 bits per heavy atom. The predicted molar refractivity (Wildman–Crippen MR) is 44.7 cm³/mol. The van der Waals surface area contributed by atoms with Crippen molar-refractivity contribution in [3.8, 4) is 0 Å². The third-order valence-electron chi connectivity index (χ3n) is 3.06. The molecule has 1 spiro atoms. The summed E-state index contributed by atoms with van der Waals surface area (Å²) < 4.78 is 12.6. The quantitative estimate of drug-likeness (QED) is 0.682. The molecular formula is C9H16FNO. The summed E-state index contributed by atoms with van der Waals surface area (Å²) in [7, 11) is 0. The van der Waals surface area contributed by atoms with Crippen molar-refractivity contribution in [2.24, 2.45) is 5.41 Å². The molecule has 12 heavy (non-hydrogen) atoms. The third kappa shape index (κ3) is 1.36. The molecule has 2 rings (SSSR count). The average Bonchev–Trinajstić information content (AvgIpc) is 1.91. The van der Waals surface area contributed by atoms with E-state index in [0.717, 1.165) is 38.9 Å². The maximum Gasteiger partial charge on any atom is 0.101 e. The second-order valence-electron chi connectivity index (χ2n) is 4.29. The van der Waals surface area contributed by atoms with Gasteiger partial charge >= 0.3 is 0 Å². The van der Waals surface area contributed by atoms with E-state index in [1.165, 1.54) is 0 Å². The van der Waals surface area contributed by atoms with Gasteiger partial charge in [0.15, 0.2) is 0 Å². The van der Waals surface area contributed by atoms with Crippen LogP contribution in [0.15, 0.2) is 0 Å². The summed E-state index contributed by atoms with van der Waals surface area (Å²) in [6.07, 6.45) is 1.89. The molecule has 0 aromatic heterocycles. The molecule has 1 aliphatic heterocycles. The Morgan fingerprint density at radius 1 is 1.42 bits per heavy atom. The van der Waals surface area contributed by atoms with Crippen LogP contribution in [-0.2, 0) is 0 Å². The number of halogens is 1. The number of rotatable bonds is 3. The van der Waals surface area contributed by atoms with Gasteiger partial charge in [0.1, 0.15) is 6.17 Å². The molecule has 1 saturated heterocycles. The van der Waals surface area contributed by atoms with Crippen molar-refractivity contribution in [3.63, 3.8) is 0 Å². The van der Waals surface area contributed by atoms with E-state index in [1.54, 1.807) is 0 Å². The molecule has 2 nitrogen and oxygen atoms in total. The van der Waals surface area contributed by atoms with E-state index in [1.807, 2.05) is 0 Å². The van der Waals surface area contributed by atoms with Gasteiger partial charge in [0.25, 0.3) is 0 Å². The van der Waals surface area contributed by atoms with E-state index in [2.05, 4.69) is 4.90 Å². The molecule has 1 heterocycles. The minimum atomic E-state index is -0.523. The van der Waals surface area contributed by atoms with Gasteiger partial charge < -0.3 is 10.0 Å². The van der Waals surface area contributed by atoms with E-state index < -0.39 is 6.17 Å². The Labute approximate surface area is 72.4 Å². The van der Waals surface area contributed by atoms with Crippen LogP contribution in [0.2, 0.25) is 0 Å². The van der Waals surface area contributed by atoms with Gasteiger partial charge in [0, 0.05) is 31.7 Å². The number of likely N-dealkylation sites (tertiary alicyclic amines) is 1. The van der Waals surface area contributed by atoms with E-state index in [-0.39, 0.29) is 6.61 Å². The van der Waals surface area contributed by atoms with Crippen molar-refractivity contribution in [1.82, 2.24) is 4.90 Å². The summed E-state index contributed by atoms with van der Waals surface area (Å²) in [6.45, 7) is 3.38. The van der Waals surface area contributed by atoms with E-state index in [0.29, 0.717) is 5.41 Å². The van der Waals surface area contributed by atoms with Gasteiger partial charge in [-0.3, -0.25) is 0 Å². The summed E-state index contributed by atoms with van der Waals surface area (Å²) in [5.41, 5.74) is 0.356. The van der Waals surface area contributed by atoms with E-state index in [9.17, 15) is 4.39 Å². The molecule has 1 aliphatic carbocycles. The van der Waals surface area contributed by atoms with Crippen LogP contribution in [0.5, 0.6) is 0 Å². The monoisotopic (exact) mass is 173 g/mol. The molecule has 1 saturated carbocycles. The lowest BCUT2D eigenvalue weighted by Crippen LogP contribution is -2.62. The molecule has 0 radical (unpaired) electrons. The van der Waals surface area contributed by atoms with Crippen LogP contribution < -0.4 is 0 Å². The Bertz CT molecular complexity index is 160. The summed E-state index contributed by atoms with van der Waals surface area (Å²) in [4.78, 5) is 2.31. The molecule has 0 unspecified atom stereocenters. The van der Waals surface area contributed by atoms with Gasteiger partial charge in [-0.25, -0.2) is 4.39 Å². The summed E-state index contributed by atoms with van der Waals surface area (Å²) in [6, 6.07) is 0. The minimum Gasteiger partial charge on any atom is -0.396 e. The van der Waals surface area contributed by atoms with E-state index in [4.69, 9.17) is 5.11 Å². The van der Waals surface area contributed by atoms with Crippen LogP contribution in [0, 0.1) is 5.41 Å². The SMILES string of the molecule is OCCCN1CC2(CC(F)C2)C1. The first-order chi connectivity index (χ1) is 5.74. The van der Waals surface area contributed by atoms with Gasteiger partial charge in [0.2, 0.25) is 0 Å². The smallest absolute Gasteiger partial charge is 0.101 e. The van der Waals surface area contributed by atoms with E-state index >= 15 is 0 Å². The second kappa shape index (κ2) is 2.96. The molecule has 0 atom stereocenters. The zero-order valence-electron chi connectivity index (χ0n) is 7.30. The highest BCUT2D eigenvalue weighted by molar-refractivity contribution is 5.04. The fourth-order valence-electron chi connectivity index (χ4n) is 2.49. The van der Waals surface area contributed by atoms with Gasteiger partial charge in [0.05, 0.1) is 0 Å². The number of aliphatic hydroxyl groups is 1. The van der Waals surface area contributed by atoms with Crippen molar-refractivity contribution in [2.75, 3.05) is 26.2 Å². The molecule has 0 aromatic rings. The zero-order chi connectivity index (χ0) is 8.60. The average molecular weight is 173 g/mol. The standard InChI is InChI=1S/C9H16FNO/c10-8-4-9(5-8)6-11(7-9)2-1-3-12/h8,12H,1-7H2. The highest BCUT2D eigenvalue weighted by Gasteiger charge is 2.52. The molecule has 0 aromatic carbocycles. The number of aliphatic hydroxyl groups excluding tert-OH is 1. The summed E-state index contributed by atoms with van der Waals surface area (Å²) >= 11 is 0. The number of alkyl halides is 1. The van der Waals surface area contributed by atoms with Gasteiger partial charge in [-0.05, 0) is 19.3 Å². The van der Waals surface area contributed by atoms with Gasteiger partial charge in [-0.2, -0.15) is 0 Å². The van der Waals surface area contributed by atoms with Crippen LogP contribution in [0.4, 0.5) is 4.39 Å². The molecule has 70 valence electrons. The lowest BCUT2D eigenvalue weighted by Gasteiger charge is -2.57. The lowest BCUT2D eigenvalue weighted by molar-refractivity contribution is -0.103. The molecule has 2 aliphatic rings. The summed E-state index contributed by atoms with van der Waals surface area (Å²) in [5.74, 6) is 0. The van der Waals surface area contributed by atoms with Crippen molar-refractivity contribution in [2.45, 2.75) is 25.4 Å². The molecular weight excluding hydrogens is 157 g/mol. The highest BCUT2D eigenvalue weighted by atomic mass is 19.1. The van der Waals surface area contributed by atoms with Crippen molar-refractivity contribution in [3.05, 3.63) is 0 Å². The van der Waals surface area contributed by atoms with Gasteiger partial charge in [-0.15, -0.1) is 0 Å². The largest absolute Gasteiger partial charge is 0.396 e. The van der Waals surface area contributed by atoms with Crippen molar-refractivity contribution < 1.29 is 9.50 Å². The molecule has 3 heteroatoms. The fourth-order valence-corrected chi connectivity index (χ4v) is 2.49. The fraction of sp³-hybridized carbons (Fsp3) is 1.00. The Morgan fingerprint density at radius 3 is 2.58 bits per heavy atom. The summed E-state index contributed by atoms with van der Waals surface area (Å²) in [5, 5.41) is 8.59. The number of hydrogen-bond acceptors (Lipinski definition) is 2. The van der Waals surface area contributed by atoms with Crippen LogP contribution in [0.1, 0.15) is 19.3 Å². The molecule has 2 fully saturated rings. The Balaban J connectivity index is 1.64. The first-order valence-electron chi connectivity index (χ1n) is 4.71. The first kappa shape index (κ1) is 8.45. The van der Waals surface area contributed by atoms with Gasteiger partial charge in [-0.1, -0.05) is 0 Å². The molecule has 0 amide bonds. The lowest BCUT2D eigenvalue weighted by atomic mass is 9.62. The van der Waals surface area contributed by atoms with Crippen molar-refractivity contribution >= 4 is 0 Å². The van der Waals surface area contributed by atoms with Crippen LogP contribution in [0.25, 0.3) is 0 Å². The molecule has 0 bridgehead atoms. The zero-order valence-corrected chi connectivity index (χ0v) is 7.30. The maximum absolute atomic E-state index is 12.6. The number of hydrogen-bond donors (Lipinski definition) is 1. The maximum atomic E-state index is 12.6. The predicted octanol–water partition coefficient (Wildman–Crippen LogP) is 0.803. The normalized spacial score (nSPS) is 28.5. The van der Waals surface area contributed by atoms with Crippen LogP contribution in [-0.4, -0.2) is 42.4 Å². The Kier molecular flexibility index (Phi) is 2.09. The first-order valence-corrected chi connectivity index (χ1v) is 4.71. The van der Waals surface area contributed by atoms with Crippen LogP contribution >= 0.6 is 0 Å². The highest BCUT2D eigenvalue weighted by Crippen LogP contribution is 2.49. The third-order valence-corrected chi connectivity index (χ3v) is 3.06. The molecule has 1 N–H and O–H groups in total. The number of nitrogens with zero attached hydrogens (tertiary/aromatic N) is 1. The topological polar surface area (TPSA) is 23.5 Å². The second-order valence-corrected chi connectivity index (χ2v) is 4.29. The minimum absolute atomic E-state index is 0.273. The van der Waals surface area contributed by atoms with Crippen LogP contribution in [0.3, 0.4) is 0 Å². The Hall–Kier alpha value is -0.150.